The first-order valence-electron chi connectivity index (χ1n) is 10.3. The number of fused-ring (bicyclic) bond motifs is 1. The van der Waals surface area contributed by atoms with Crippen molar-refractivity contribution in [3.63, 3.8) is 0 Å². The molecule has 0 unspecified atom stereocenters. The number of nitrogens with one attached hydrogen (secondary N) is 2. The minimum Gasteiger partial charge on any atom is -0.454 e. The number of nitrogens with zero attached hydrogens (tertiary/aromatic N) is 3. The van der Waals surface area contributed by atoms with Crippen LogP contribution in [0.25, 0.3) is 0 Å². The summed E-state index contributed by atoms with van der Waals surface area (Å²) in [6.45, 7) is 8.88. The fourth-order valence-corrected chi connectivity index (χ4v) is 3.89. The zero-order chi connectivity index (χ0) is 20.1. The molecule has 0 spiro atoms. The Labute approximate surface area is 170 Å². The highest BCUT2D eigenvalue weighted by atomic mass is 16.7. The van der Waals surface area contributed by atoms with Gasteiger partial charge in [-0.05, 0) is 17.7 Å². The average molecular weight is 403 g/mol. The quantitative estimate of drug-likeness (QED) is 0.615. The summed E-state index contributed by atoms with van der Waals surface area (Å²) in [6, 6.07) is 5.98. The van der Waals surface area contributed by atoms with Crippen molar-refractivity contribution < 1.29 is 19.1 Å². The summed E-state index contributed by atoms with van der Waals surface area (Å²) in [5.74, 6) is 0.651. The molecule has 158 valence electrons. The smallest absolute Gasteiger partial charge is 0.311 e. The Bertz CT molecular complexity index is 730. The third kappa shape index (κ3) is 5.17. The van der Waals surface area contributed by atoms with Gasteiger partial charge in [-0.3, -0.25) is 19.4 Å². The predicted octanol–water partition coefficient (Wildman–Crippen LogP) is -0.919. The molecule has 0 bridgehead atoms. The van der Waals surface area contributed by atoms with Crippen molar-refractivity contribution in [2.75, 3.05) is 72.2 Å². The fourth-order valence-electron chi connectivity index (χ4n) is 3.89. The minimum atomic E-state index is -0.496. The number of carbonyl (C=O) groups is 2. The lowest BCUT2D eigenvalue weighted by Crippen LogP contribution is -2.53. The van der Waals surface area contributed by atoms with Crippen LogP contribution in [0, 0.1) is 0 Å². The molecule has 0 saturated carbocycles. The number of hydrogen-bond acceptors (Lipinski definition) is 7. The van der Waals surface area contributed by atoms with E-state index in [1.807, 2.05) is 18.2 Å². The molecule has 4 rings (SSSR count). The molecule has 2 amide bonds. The molecule has 1 aromatic carbocycles. The average Bonchev–Trinajstić information content (AvgIpc) is 3.22. The molecule has 0 radical (unpaired) electrons. The molecule has 0 aliphatic carbocycles. The van der Waals surface area contributed by atoms with E-state index in [1.54, 1.807) is 4.90 Å². The van der Waals surface area contributed by atoms with Crippen molar-refractivity contribution in [1.29, 1.82) is 0 Å². The van der Waals surface area contributed by atoms with Crippen molar-refractivity contribution in [3.8, 4) is 11.5 Å². The van der Waals surface area contributed by atoms with Gasteiger partial charge in [-0.25, -0.2) is 0 Å². The molecule has 0 aromatic heterocycles. The van der Waals surface area contributed by atoms with E-state index >= 15 is 0 Å². The molecule has 3 aliphatic rings. The van der Waals surface area contributed by atoms with E-state index in [2.05, 4.69) is 20.4 Å². The number of ether oxygens (including phenoxy) is 2. The van der Waals surface area contributed by atoms with Crippen LogP contribution in [0.1, 0.15) is 5.56 Å². The first-order valence-corrected chi connectivity index (χ1v) is 10.3. The second-order valence-corrected chi connectivity index (χ2v) is 7.60. The van der Waals surface area contributed by atoms with Crippen molar-refractivity contribution in [1.82, 2.24) is 25.3 Å². The second kappa shape index (κ2) is 9.43. The van der Waals surface area contributed by atoms with Gasteiger partial charge in [0.2, 0.25) is 6.79 Å². The molecule has 2 saturated heterocycles. The van der Waals surface area contributed by atoms with Gasteiger partial charge in [0.05, 0.1) is 0 Å². The number of amides is 2. The van der Waals surface area contributed by atoms with E-state index in [4.69, 9.17) is 9.47 Å². The number of rotatable bonds is 5. The van der Waals surface area contributed by atoms with E-state index in [1.165, 1.54) is 0 Å². The zero-order valence-corrected chi connectivity index (χ0v) is 16.7. The first-order chi connectivity index (χ1) is 14.2. The molecule has 0 atom stereocenters. The van der Waals surface area contributed by atoms with E-state index in [-0.39, 0.29) is 6.79 Å². The molecule has 9 nitrogen and oxygen atoms in total. The summed E-state index contributed by atoms with van der Waals surface area (Å²) in [4.78, 5) is 30.8. The Morgan fingerprint density at radius 3 is 2.52 bits per heavy atom. The third-order valence-electron chi connectivity index (χ3n) is 5.62. The third-order valence-corrected chi connectivity index (χ3v) is 5.62. The lowest BCUT2D eigenvalue weighted by atomic mass is 10.1. The Balaban J connectivity index is 1.17. The van der Waals surface area contributed by atoms with Crippen LogP contribution < -0.4 is 20.1 Å². The Morgan fingerprint density at radius 2 is 1.72 bits per heavy atom. The van der Waals surface area contributed by atoms with Gasteiger partial charge in [-0.15, -0.1) is 0 Å². The number of carbonyl (C=O) groups excluding carboxylic acids is 2. The Kier molecular flexibility index (Phi) is 6.48. The lowest BCUT2D eigenvalue weighted by molar-refractivity contribution is -0.147. The van der Waals surface area contributed by atoms with Crippen LogP contribution in [0.2, 0.25) is 0 Å². The summed E-state index contributed by atoms with van der Waals surface area (Å²) < 4.78 is 10.8. The first kappa shape index (κ1) is 19.9. The maximum absolute atomic E-state index is 12.4. The van der Waals surface area contributed by atoms with Crippen LogP contribution in [-0.2, 0) is 16.1 Å². The molecular formula is C20H29N5O4. The standard InChI is InChI=1S/C20H29N5O4/c26-19(22-5-8-23-6-3-21-4-7-23)20(27)25-11-9-24(10-12-25)14-16-1-2-17-18(13-16)29-15-28-17/h1-2,13,21H,3-12,14-15H2,(H,22,26). The summed E-state index contributed by atoms with van der Waals surface area (Å²) >= 11 is 0. The van der Waals surface area contributed by atoms with Crippen LogP contribution in [0.3, 0.4) is 0 Å². The Morgan fingerprint density at radius 1 is 0.966 bits per heavy atom. The van der Waals surface area contributed by atoms with E-state index in [9.17, 15) is 9.59 Å². The van der Waals surface area contributed by atoms with Crippen LogP contribution in [0.4, 0.5) is 0 Å². The fraction of sp³-hybridized carbons (Fsp3) is 0.600. The Hall–Kier alpha value is -2.36. The van der Waals surface area contributed by atoms with Gasteiger partial charge >= 0.3 is 11.8 Å². The molecule has 1 aromatic rings. The van der Waals surface area contributed by atoms with Crippen molar-refractivity contribution in [3.05, 3.63) is 23.8 Å². The summed E-state index contributed by atoms with van der Waals surface area (Å²) in [7, 11) is 0. The maximum Gasteiger partial charge on any atom is 0.311 e. The number of piperazine rings is 2. The molecule has 2 fully saturated rings. The highest BCUT2D eigenvalue weighted by Crippen LogP contribution is 2.32. The largest absolute Gasteiger partial charge is 0.454 e. The molecule has 9 heteroatoms. The number of hydrogen-bond donors (Lipinski definition) is 2. The summed E-state index contributed by atoms with van der Waals surface area (Å²) in [6.07, 6.45) is 0. The minimum absolute atomic E-state index is 0.275. The normalized spacial score (nSPS) is 19.9. The topological polar surface area (TPSA) is 86.4 Å². The zero-order valence-electron chi connectivity index (χ0n) is 16.7. The van der Waals surface area contributed by atoms with Crippen LogP contribution in [-0.4, -0.2) is 98.8 Å². The van der Waals surface area contributed by atoms with Gasteiger partial charge in [0.15, 0.2) is 11.5 Å². The number of benzene rings is 1. The van der Waals surface area contributed by atoms with Crippen molar-refractivity contribution in [2.24, 2.45) is 0 Å². The van der Waals surface area contributed by atoms with Gasteiger partial charge in [0.1, 0.15) is 0 Å². The van der Waals surface area contributed by atoms with Crippen LogP contribution >= 0.6 is 0 Å². The van der Waals surface area contributed by atoms with E-state index in [0.717, 1.165) is 69.4 Å². The second-order valence-electron chi connectivity index (χ2n) is 7.60. The molecule has 3 aliphatic heterocycles. The van der Waals surface area contributed by atoms with E-state index < -0.39 is 11.8 Å². The SMILES string of the molecule is O=C(NCCN1CCNCC1)C(=O)N1CCN(Cc2ccc3c(c2)OCO3)CC1. The van der Waals surface area contributed by atoms with Gasteiger partial charge in [-0.1, -0.05) is 6.07 Å². The lowest BCUT2D eigenvalue weighted by Gasteiger charge is -2.34. The van der Waals surface area contributed by atoms with Gasteiger partial charge in [0.25, 0.3) is 0 Å². The van der Waals surface area contributed by atoms with Crippen LogP contribution in [0.15, 0.2) is 18.2 Å². The predicted molar refractivity (Wildman–Crippen MR) is 107 cm³/mol. The highest BCUT2D eigenvalue weighted by Gasteiger charge is 2.26. The highest BCUT2D eigenvalue weighted by molar-refractivity contribution is 6.35. The van der Waals surface area contributed by atoms with Crippen LogP contribution in [0.5, 0.6) is 11.5 Å². The molecule has 3 heterocycles. The monoisotopic (exact) mass is 403 g/mol. The van der Waals surface area contributed by atoms with Crippen molar-refractivity contribution in [2.45, 2.75) is 6.54 Å². The summed E-state index contributed by atoms with van der Waals surface area (Å²) in [5, 5.41) is 6.07. The van der Waals surface area contributed by atoms with Gasteiger partial charge in [0, 0.05) is 72.0 Å². The molecule has 29 heavy (non-hydrogen) atoms. The summed E-state index contributed by atoms with van der Waals surface area (Å²) in [5.41, 5.74) is 1.15. The van der Waals surface area contributed by atoms with Gasteiger partial charge in [-0.2, -0.15) is 0 Å². The van der Waals surface area contributed by atoms with Gasteiger partial charge < -0.3 is 25.0 Å². The molecular weight excluding hydrogens is 374 g/mol. The molecule has 2 N–H and O–H groups in total. The van der Waals surface area contributed by atoms with E-state index in [0.29, 0.717) is 19.6 Å². The van der Waals surface area contributed by atoms with Crippen molar-refractivity contribution >= 4 is 11.8 Å². The maximum atomic E-state index is 12.4.